The Morgan fingerprint density at radius 3 is 3.05 bits per heavy atom. The molecule has 0 bridgehead atoms. The molecule has 0 aliphatic heterocycles. The highest BCUT2D eigenvalue weighted by Crippen LogP contribution is 2.38. The van der Waals surface area contributed by atoms with Gasteiger partial charge in [0.1, 0.15) is 0 Å². The van der Waals surface area contributed by atoms with E-state index in [9.17, 15) is 0 Å². The minimum Gasteiger partial charge on any atom is -0.313 e. The molecule has 1 aliphatic rings. The summed E-state index contributed by atoms with van der Waals surface area (Å²) in [6.07, 6.45) is 4.27. The molecule has 0 radical (unpaired) electrons. The smallest absolute Gasteiger partial charge is 0.0510 e. The van der Waals surface area contributed by atoms with E-state index in [1.165, 1.54) is 34.4 Å². The molecule has 1 N–H and O–H groups in total. The summed E-state index contributed by atoms with van der Waals surface area (Å²) in [5.41, 5.74) is 6.93. The molecule has 2 aromatic rings. The molecule has 2 heteroatoms. The predicted molar refractivity (Wildman–Crippen MR) is 83.0 cm³/mol. The number of aryl methyl sites for hydroxylation is 2. The third kappa shape index (κ3) is 2.48. The van der Waals surface area contributed by atoms with Gasteiger partial charge < -0.3 is 5.32 Å². The highest BCUT2D eigenvalue weighted by atomic mass is 14.8. The van der Waals surface area contributed by atoms with Gasteiger partial charge in [0.05, 0.1) is 5.69 Å². The van der Waals surface area contributed by atoms with Gasteiger partial charge in [-0.05, 0) is 49.1 Å². The quantitative estimate of drug-likeness (QED) is 0.915. The Balaban J connectivity index is 1.99. The molecule has 0 saturated carbocycles. The van der Waals surface area contributed by atoms with Gasteiger partial charge in [-0.25, -0.2) is 0 Å². The van der Waals surface area contributed by atoms with E-state index in [2.05, 4.69) is 54.5 Å². The molecule has 1 atom stereocenters. The summed E-state index contributed by atoms with van der Waals surface area (Å²) in [6.45, 7) is 6.28. The lowest BCUT2D eigenvalue weighted by molar-refractivity contribution is 0.699. The summed E-state index contributed by atoms with van der Waals surface area (Å²) < 4.78 is 0. The van der Waals surface area contributed by atoms with Gasteiger partial charge in [-0.3, -0.25) is 4.98 Å². The number of nitrogens with one attached hydrogen (secondary N) is 1. The zero-order valence-electron chi connectivity index (χ0n) is 12.3. The van der Waals surface area contributed by atoms with E-state index in [-0.39, 0.29) is 0 Å². The molecule has 0 saturated heterocycles. The maximum Gasteiger partial charge on any atom is 0.0510 e. The van der Waals surface area contributed by atoms with Crippen LogP contribution in [0, 0.1) is 6.92 Å². The van der Waals surface area contributed by atoms with E-state index >= 15 is 0 Å². The molecule has 0 spiro atoms. The number of hydrogen-bond donors (Lipinski definition) is 1. The first kappa shape index (κ1) is 13.3. The standard InChI is InChI=1S/C18H22N2/c1-3-19-12-15-7-6-13(2)11-17(15)16-9-8-14-5-4-10-20-18(14)16/h4-7,10-11,16,19H,3,8-9,12H2,1-2H3. The Morgan fingerprint density at radius 1 is 1.30 bits per heavy atom. The molecule has 3 rings (SSSR count). The predicted octanol–water partition coefficient (Wildman–Crippen LogP) is 3.58. The van der Waals surface area contributed by atoms with Crippen LogP contribution in [0.2, 0.25) is 0 Å². The average Bonchev–Trinajstić information content (AvgIpc) is 2.90. The van der Waals surface area contributed by atoms with Gasteiger partial charge in [-0.15, -0.1) is 0 Å². The molecule has 0 amide bonds. The Morgan fingerprint density at radius 2 is 2.20 bits per heavy atom. The molecule has 1 aliphatic carbocycles. The van der Waals surface area contributed by atoms with Crippen LogP contribution in [-0.4, -0.2) is 11.5 Å². The fraction of sp³-hybridized carbons (Fsp3) is 0.389. The number of hydrogen-bond acceptors (Lipinski definition) is 2. The average molecular weight is 266 g/mol. The Kier molecular flexibility index (Phi) is 3.83. The molecular weight excluding hydrogens is 244 g/mol. The van der Waals surface area contributed by atoms with Crippen molar-refractivity contribution in [1.29, 1.82) is 0 Å². The number of fused-ring (bicyclic) bond motifs is 1. The van der Waals surface area contributed by atoms with Crippen molar-refractivity contribution in [3.05, 3.63) is 64.5 Å². The lowest BCUT2D eigenvalue weighted by Gasteiger charge is -2.17. The minimum atomic E-state index is 0.472. The van der Waals surface area contributed by atoms with Crippen LogP contribution >= 0.6 is 0 Å². The van der Waals surface area contributed by atoms with Crippen molar-refractivity contribution in [3.63, 3.8) is 0 Å². The molecule has 20 heavy (non-hydrogen) atoms. The van der Waals surface area contributed by atoms with Gasteiger partial charge in [0, 0.05) is 18.7 Å². The second-order valence-electron chi connectivity index (χ2n) is 5.62. The summed E-state index contributed by atoms with van der Waals surface area (Å²) in [7, 11) is 0. The SMILES string of the molecule is CCNCc1ccc(C)cc1C1CCc2cccnc21. The molecule has 1 aromatic heterocycles. The van der Waals surface area contributed by atoms with E-state index in [1.807, 2.05) is 6.20 Å². The van der Waals surface area contributed by atoms with Crippen LogP contribution in [0.1, 0.15) is 47.2 Å². The topological polar surface area (TPSA) is 24.9 Å². The zero-order valence-corrected chi connectivity index (χ0v) is 12.3. The van der Waals surface area contributed by atoms with Crippen LogP contribution in [0.3, 0.4) is 0 Å². The van der Waals surface area contributed by atoms with Gasteiger partial charge in [0.25, 0.3) is 0 Å². The van der Waals surface area contributed by atoms with Crippen molar-refractivity contribution in [2.45, 2.75) is 39.2 Å². The van der Waals surface area contributed by atoms with E-state index in [0.717, 1.165) is 19.5 Å². The summed E-state index contributed by atoms with van der Waals surface area (Å²) in [6, 6.07) is 11.1. The number of benzene rings is 1. The lowest BCUT2D eigenvalue weighted by atomic mass is 9.90. The van der Waals surface area contributed by atoms with Gasteiger partial charge in [-0.1, -0.05) is 36.8 Å². The molecule has 0 fully saturated rings. The van der Waals surface area contributed by atoms with Crippen molar-refractivity contribution < 1.29 is 0 Å². The molecule has 1 unspecified atom stereocenters. The molecule has 1 heterocycles. The van der Waals surface area contributed by atoms with Crippen molar-refractivity contribution in [3.8, 4) is 0 Å². The van der Waals surface area contributed by atoms with Crippen LogP contribution in [0.25, 0.3) is 0 Å². The van der Waals surface area contributed by atoms with Crippen LogP contribution in [0.5, 0.6) is 0 Å². The van der Waals surface area contributed by atoms with Gasteiger partial charge in [0.2, 0.25) is 0 Å². The van der Waals surface area contributed by atoms with Crippen molar-refractivity contribution in [1.82, 2.24) is 10.3 Å². The maximum atomic E-state index is 4.65. The largest absolute Gasteiger partial charge is 0.313 e. The molecule has 2 nitrogen and oxygen atoms in total. The van der Waals surface area contributed by atoms with Gasteiger partial charge >= 0.3 is 0 Å². The third-order valence-electron chi connectivity index (χ3n) is 4.20. The molecule has 104 valence electrons. The highest BCUT2D eigenvalue weighted by molar-refractivity contribution is 5.43. The lowest BCUT2D eigenvalue weighted by Crippen LogP contribution is -2.14. The number of nitrogens with zero attached hydrogens (tertiary/aromatic N) is 1. The number of pyridine rings is 1. The Hall–Kier alpha value is -1.67. The van der Waals surface area contributed by atoms with E-state index in [1.54, 1.807) is 0 Å². The number of aromatic nitrogens is 1. The first-order valence-corrected chi connectivity index (χ1v) is 7.53. The van der Waals surface area contributed by atoms with Crippen LogP contribution in [0.15, 0.2) is 36.5 Å². The van der Waals surface area contributed by atoms with Crippen LogP contribution < -0.4 is 5.32 Å². The fourth-order valence-electron chi connectivity index (χ4n) is 3.17. The Bertz CT molecular complexity index is 604. The number of rotatable bonds is 4. The second kappa shape index (κ2) is 5.76. The van der Waals surface area contributed by atoms with Gasteiger partial charge in [-0.2, -0.15) is 0 Å². The second-order valence-corrected chi connectivity index (χ2v) is 5.62. The van der Waals surface area contributed by atoms with E-state index in [4.69, 9.17) is 0 Å². The van der Waals surface area contributed by atoms with Crippen LogP contribution in [-0.2, 0) is 13.0 Å². The van der Waals surface area contributed by atoms with Gasteiger partial charge in [0.15, 0.2) is 0 Å². The first-order chi connectivity index (χ1) is 9.79. The normalized spacial score (nSPS) is 17.2. The van der Waals surface area contributed by atoms with Crippen molar-refractivity contribution >= 4 is 0 Å². The van der Waals surface area contributed by atoms with Crippen molar-refractivity contribution in [2.75, 3.05) is 6.54 Å². The van der Waals surface area contributed by atoms with Crippen molar-refractivity contribution in [2.24, 2.45) is 0 Å². The monoisotopic (exact) mass is 266 g/mol. The summed E-state index contributed by atoms with van der Waals surface area (Å²) in [4.78, 5) is 4.65. The maximum absolute atomic E-state index is 4.65. The molecule has 1 aromatic carbocycles. The first-order valence-electron chi connectivity index (χ1n) is 7.53. The molecular formula is C18H22N2. The minimum absolute atomic E-state index is 0.472. The van der Waals surface area contributed by atoms with E-state index in [0.29, 0.717) is 5.92 Å². The fourth-order valence-corrected chi connectivity index (χ4v) is 3.17. The summed E-state index contributed by atoms with van der Waals surface area (Å²) in [5, 5.41) is 3.45. The van der Waals surface area contributed by atoms with E-state index < -0.39 is 0 Å². The summed E-state index contributed by atoms with van der Waals surface area (Å²) in [5.74, 6) is 0.472. The zero-order chi connectivity index (χ0) is 13.9. The van der Waals surface area contributed by atoms with Crippen LogP contribution in [0.4, 0.5) is 0 Å². The highest BCUT2D eigenvalue weighted by Gasteiger charge is 2.26. The summed E-state index contributed by atoms with van der Waals surface area (Å²) >= 11 is 0. The third-order valence-corrected chi connectivity index (χ3v) is 4.20. The Labute approximate surface area is 121 Å².